The molecule has 0 amide bonds. The van der Waals surface area contributed by atoms with Crippen LogP contribution in [0.1, 0.15) is 18.4 Å². The van der Waals surface area contributed by atoms with Crippen LogP contribution in [0, 0.1) is 0 Å². The van der Waals surface area contributed by atoms with Crippen LogP contribution in [-0.2, 0) is 13.3 Å². The number of benzene rings is 1. The van der Waals surface area contributed by atoms with Crippen molar-refractivity contribution in [2.24, 2.45) is 5.73 Å². The largest absolute Gasteiger partial charge is 0.500 e. The standard InChI is InChI=1S/C17H30N2O3Si/c1-20-23(21-2,16-7-12-18)22-15-8-14-19-13-6-11-17-9-4-3-5-10-17/h3-6,9-11,19H,7-8,12-16,18H2,1-2H3. The zero-order valence-electron chi connectivity index (χ0n) is 14.3. The maximum absolute atomic E-state index is 5.89. The van der Waals surface area contributed by atoms with Gasteiger partial charge in [0.1, 0.15) is 0 Å². The molecule has 0 aliphatic heterocycles. The molecule has 130 valence electrons. The predicted octanol–water partition coefficient (Wildman–Crippen LogP) is 2.28. The molecule has 3 N–H and O–H groups in total. The Morgan fingerprint density at radius 2 is 1.87 bits per heavy atom. The molecule has 5 nitrogen and oxygen atoms in total. The summed E-state index contributed by atoms with van der Waals surface area (Å²) in [5, 5.41) is 3.37. The molecule has 0 saturated carbocycles. The van der Waals surface area contributed by atoms with Gasteiger partial charge in [0.25, 0.3) is 0 Å². The van der Waals surface area contributed by atoms with Gasteiger partial charge in [-0.1, -0.05) is 42.5 Å². The third-order valence-electron chi connectivity index (χ3n) is 3.50. The van der Waals surface area contributed by atoms with E-state index in [1.165, 1.54) is 5.56 Å². The highest BCUT2D eigenvalue weighted by molar-refractivity contribution is 6.60. The minimum atomic E-state index is -2.51. The van der Waals surface area contributed by atoms with Crippen LogP contribution in [-0.4, -0.2) is 49.3 Å². The molecular weight excluding hydrogens is 308 g/mol. The number of hydrogen-bond acceptors (Lipinski definition) is 5. The van der Waals surface area contributed by atoms with Crippen molar-refractivity contribution >= 4 is 14.9 Å². The molecular formula is C17H30N2O3Si. The van der Waals surface area contributed by atoms with Crippen molar-refractivity contribution in [2.45, 2.75) is 18.9 Å². The van der Waals surface area contributed by atoms with Crippen molar-refractivity contribution in [2.75, 3.05) is 40.5 Å². The molecule has 1 rings (SSSR count). The van der Waals surface area contributed by atoms with Crippen LogP contribution in [0.5, 0.6) is 0 Å². The summed E-state index contributed by atoms with van der Waals surface area (Å²) in [6, 6.07) is 11.0. The van der Waals surface area contributed by atoms with E-state index in [4.69, 9.17) is 19.0 Å². The number of rotatable bonds is 13. The second kappa shape index (κ2) is 12.4. The summed E-state index contributed by atoms with van der Waals surface area (Å²) in [6.45, 7) is 3.00. The van der Waals surface area contributed by atoms with Gasteiger partial charge in [0.05, 0.1) is 0 Å². The molecule has 1 aromatic carbocycles. The second-order valence-corrected chi connectivity index (χ2v) is 8.17. The quantitative estimate of drug-likeness (QED) is 0.427. The van der Waals surface area contributed by atoms with Gasteiger partial charge in [-0.05, 0) is 31.5 Å². The SMILES string of the molecule is CO[Si](CCCN)(OC)OCCCNCC=Cc1ccccc1. The van der Waals surface area contributed by atoms with E-state index in [0.717, 1.165) is 32.0 Å². The highest BCUT2D eigenvalue weighted by atomic mass is 28.4. The Morgan fingerprint density at radius 3 is 2.52 bits per heavy atom. The first-order valence-electron chi connectivity index (χ1n) is 8.13. The van der Waals surface area contributed by atoms with Gasteiger partial charge < -0.3 is 24.3 Å². The Morgan fingerprint density at radius 1 is 1.13 bits per heavy atom. The lowest BCUT2D eigenvalue weighted by atomic mass is 10.2. The van der Waals surface area contributed by atoms with Gasteiger partial charge in [-0.15, -0.1) is 0 Å². The van der Waals surface area contributed by atoms with Crippen molar-refractivity contribution < 1.29 is 13.3 Å². The van der Waals surface area contributed by atoms with E-state index in [0.29, 0.717) is 13.2 Å². The van der Waals surface area contributed by atoms with Crippen molar-refractivity contribution in [3.8, 4) is 0 Å². The van der Waals surface area contributed by atoms with E-state index in [1.54, 1.807) is 14.2 Å². The fourth-order valence-electron chi connectivity index (χ4n) is 2.17. The molecule has 0 aromatic heterocycles. The molecule has 6 heteroatoms. The molecule has 0 aliphatic carbocycles. The Labute approximate surface area is 141 Å². The number of hydrogen-bond donors (Lipinski definition) is 2. The molecule has 0 bridgehead atoms. The summed E-state index contributed by atoms with van der Waals surface area (Å²) in [5.41, 5.74) is 6.77. The van der Waals surface area contributed by atoms with Crippen LogP contribution in [0.25, 0.3) is 6.08 Å². The topological polar surface area (TPSA) is 65.7 Å². The smallest absolute Gasteiger partial charge is 0.377 e. The third-order valence-corrected chi connectivity index (χ3v) is 6.35. The zero-order chi connectivity index (χ0) is 16.8. The summed E-state index contributed by atoms with van der Waals surface area (Å²) < 4.78 is 16.9. The molecule has 0 atom stereocenters. The lowest BCUT2D eigenvalue weighted by Gasteiger charge is -2.26. The third kappa shape index (κ3) is 8.41. The van der Waals surface area contributed by atoms with Gasteiger partial charge in [-0.2, -0.15) is 0 Å². The summed E-state index contributed by atoms with van der Waals surface area (Å²) in [4.78, 5) is 0. The van der Waals surface area contributed by atoms with Gasteiger partial charge in [-0.25, -0.2) is 0 Å². The monoisotopic (exact) mass is 338 g/mol. The molecule has 0 saturated heterocycles. The van der Waals surface area contributed by atoms with Gasteiger partial charge in [-0.3, -0.25) is 0 Å². The van der Waals surface area contributed by atoms with E-state index in [2.05, 4.69) is 29.6 Å². The molecule has 0 heterocycles. The molecule has 0 radical (unpaired) electrons. The van der Waals surface area contributed by atoms with Crippen molar-refractivity contribution in [3.05, 3.63) is 42.0 Å². The Balaban J connectivity index is 2.13. The van der Waals surface area contributed by atoms with Crippen LogP contribution in [0.15, 0.2) is 36.4 Å². The second-order valence-electron chi connectivity index (χ2n) is 5.20. The Hall–Kier alpha value is -1.02. The van der Waals surface area contributed by atoms with E-state index in [1.807, 2.05) is 18.2 Å². The van der Waals surface area contributed by atoms with Crippen molar-refractivity contribution in [3.63, 3.8) is 0 Å². The summed E-state index contributed by atoms with van der Waals surface area (Å²) in [5.74, 6) is 0. The minimum absolute atomic E-state index is 0.625. The molecule has 0 aliphatic rings. The van der Waals surface area contributed by atoms with E-state index in [-0.39, 0.29) is 0 Å². The number of nitrogens with two attached hydrogens (primary N) is 1. The molecule has 23 heavy (non-hydrogen) atoms. The van der Waals surface area contributed by atoms with Crippen molar-refractivity contribution in [1.29, 1.82) is 0 Å². The Bertz CT molecular complexity index is 425. The van der Waals surface area contributed by atoms with E-state index in [9.17, 15) is 0 Å². The fourth-order valence-corrected chi connectivity index (χ4v) is 4.21. The molecule has 0 spiro atoms. The van der Waals surface area contributed by atoms with Crippen LogP contribution < -0.4 is 11.1 Å². The average molecular weight is 339 g/mol. The predicted molar refractivity (Wildman–Crippen MR) is 97.2 cm³/mol. The molecule has 1 aromatic rings. The average Bonchev–Trinajstić information content (AvgIpc) is 2.61. The zero-order valence-corrected chi connectivity index (χ0v) is 15.3. The first kappa shape index (κ1) is 20.0. The summed E-state index contributed by atoms with van der Waals surface area (Å²) in [7, 11) is 0.798. The normalized spacial score (nSPS) is 12.1. The van der Waals surface area contributed by atoms with Gasteiger partial charge in [0, 0.05) is 33.4 Å². The molecule has 0 fully saturated rings. The summed E-state index contributed by atoms with van der Waals surface area (Å²) >= 11 is 0. The fraction of sp³-hybridized carbons (Fsp3) is 0.529. The van der Waals surface area contributed by atoms with Gasteiger partial charge >= 0.3 is 8.80 Å². The Kier molecular flexibility index (Phi) is 10.8. The highest BCUT2D eigenvalue weighted by Crippen LogP contribution is 2.15. The lowest BCUT2D eigenvalue weighted by molar-refractivity contribution is 0.0967. The van der Waals surface area contributed by atoms with E-state index >= 15 is 0 Å². The van der Waals surface area contributed by atoms with Crippen LogP contribution >= 0.6 is 0 Å². The molecule has 0 unspecified atom stereocenters. The number of nitrogens with one attached hydrogen (secondary N) is 1. The summed E-state index contributed by atoms with van der Waals surface area (Å²) in [6.07, 6.45) is 6.02. The maximum Gasteiger partial charge on any atom is 0.500 e. The minimum Gasteiger partial charge on any atom is -0.377 e. The van der Waals surface area contributed by atoms with Gasteiger partial charge in [0.2, 0.25) is 0 Å². The first-order valence-corrected chi connectivity index (χ1v) is 10.1. The van der Waals surface area contributed by atoms with Gasteiger partial charge in [0.15, 0.2) is 0 Å². The van der Waals surface area contributed by atoms with Crippen molar-refractivity contribution in [1.82, 2.24) is 5.32 Å². The maximum atomic E-state index is 5.89. The van der Waals surface area contributed by atoms with Crippen LogP contribution in [0.3, 0.4) is 0 Å². The first-order chi connectivity index (χ1) is 11.3. The van der Waals surface area contributed by atoms with Crippen LogP contribution in [0.2, 0.25) is 6.04 Å². The highest BCUT2D eigenvalue weighted by Gasteiger charge is 2.37. The van der Waals surface area contributed by atoms with E-state index < -0.39 is 8.80 Å². The van der Waals surface area contributed by atoms with Crippen LogP contribution in [0.4, 0.5) is 0 Å². The lowest BCUT2D eigenvalue weighted by Crippen LogP contribution is -2.44.